The van der Waals surface area contributed by atoms with Crippen LogP contribution in [0.5, 0.6) is 11.5 Å². The lowest BCUT2D eigenvalue weighted by atomic mass is 10.0. The highest BCUT2D eigenvalue weighted by molar-refractivity contribution is 6.16. The van der Waals surface area contributed by atoms with Gasteiger partial charge in [0.1, 0.15) is 11.2 Å². The maximum absolute atomic E-state index is 14.8. The number of aryl methyl sites for hydroxylation is 1. The number of nitrogens with one attached hydrogen (secondary N) is 2. The molecule has 1 aliphatic rings. The van der Waals surface area contributed by atoms with Gasteiger partial charge in [0.05, 0.1) is 11.9 Å². The highest BCUT2D eigenvalue weighted by Crippen LogP contribution is 2.47. The quantitative estimate of drug-likeness (QED) is 0.390. The Hall–Kier alpha value is -4.47. The normalized spacial score (nSPS) is 13.8. The lowest BCUT2D eigenvalue weighted by Crippen LogP contribution is -2.35. The van der Waals surface area contributed by atoms with Gasteiger partial charge in [-0.25, -0.2) is 23.7 Å². The second-order valence-electron chi connectivity index (χ2n) is 8.24. The number of anilines is 2. The summed E-state index contributed by atoms with van der Waals surface area (Å²) in [6.45, 7) is 1.77. The van der Waals surface area contributed by atoms with E-state index in [1.807, 2.05) is 0 Å². The van der Waals surface area contributed by atoms with Gasteiger partial charge in [-0.1, -0.05) is 0 Å². The van der Waals surface area contributed by atoms with E-state index in [-0.39, 0.29) is 17.2 Å². The fourth-order valence-corrected chi connectivity index (χ4v) is 3.56. The van der Waals surface area contributed by atoms with Crippen molar-refractivity contribution >= 4 is 34.4 Å². The Morgan fingerprint density at radius 3 is 2.29 bits per heavy atom. The molecule has 1 aliphatic carbocycles. The van der Waals surface area contributed by atoms with Gasteiger partial charge in [-0.3, -0.25) is 9.59 Å². The third kappa shape index (κ3) is 4.50. The molecule has 2 N–H and O–H groups in total. The summed E-state index contributed by atoms with van der Waals surface area (Å²) in [4.78, 5) is 38.2. The summed E-state index contributed by atoms with van der Waals surface area (Å²) in [7, 11) is 0. The van der Waals surface area contributed by atoms with E-state index in [0.29, 0.717) is 35.4 Å². The van der Waals surface area contributed by atoms with Crippen LogP contribution >= 0.6 is 0 Å². The minimum atomic E-state index is -1.26. The van der Waals surface area contributed by atoms with Crippen molar-refractivity contribution in [3.63, 3.8) is 0 Å². The number of hydrogen-bond donors (Lipinski definition) is 2. The van der Waals surface area contributed by atoms with Gasteiger partial charge < -0.3 is 15.4 Å². The summed E-state index contributed by atoms with van der Waals surface area (Å²) in [6.07, 6.45) is 3.76. The molecule has 0 aliphatic heterocycles. The topological polar surface area (TPSA) is 106 Å². The van der Waals surface area contributed by atoms with Crippen molar-refractivity contribution in [1.82, 2.24) is 15.0 Å². The Kier molecular flexibility index (Phi) is 5.56. The van der Waals surface area contributed by atoms with E-state index in [9.17, 15) is 18.4 Å². The smallest absolute Gasteiger partial charge is 0.240 e. The molecule has 8 nitrogen and oxygen atoms in total. The number of carbonyl (C=O) groups is 2. The molecule has 0 saturated heterocycles. The second kappa shape index (κ2) is 8.71. The number of amides is 2. The first-order valence-corrected chi connectivity index (χ1v) is 10.8. The van der Waals surface area contributed by atoms with E-state index in [2.05, 4.69) is 25.6 Å². The summed E-state index contributed by atoms with van der Waals surface area (Å²) in [5, 5.41) is 5.23. The Morgan fingerprint density at radius 2 is 1.60 bits per heavy atom. The minimum Gasteiger partial charge on any atom is -0.452 e. The van der Waals surface area contributed by atoms with Crippen molar-refractivity contribution in [2.24, 2.45) is 5.41 Å². The molecule has 0 atom stereocenters. The fraction of sp³-hybridized carbons (Fsp3) is 0.160. The molecule has 2 aromatic carbocycles. The molecule has 0 unspecified atom stereocenters. The van der Waals surface area contributed by atoms with Crippen LogP contribution in [0.4, 0.5) is 20.2 Å². The Balaban J connectivity index is 1.29. The predicted molar refractivity (Wildman–Crippen MR) is 124 cm³/mol. The van der Waals surface area contributed by atoms with E-state index in [4.69, 9.17) is 4.74 Å². The highest BCUT2D eigenvalue weighted by Gasteiger charge is 2.56. The fourth-order valence-electron chi connectivity index (χ4n) is 3.56. The molecule has 10 heteroatoms. The van der Waals surface area contributed by atoms with Crippen LogP contribution in [0.3, 0.4) is 0 Å². The number of benzene rings is 2. The van der Waals surface area contributed by atoms with Crippen LogP contribution in [-0.4, -0.2) is 26.8 Å². The Bertz CT molecular complexity index is 1460. The molecule has 2 heterocycles. The Labute approximate surface area is 198 Å². The minimum absolute atomic E-state index is 0.0750. The van der Waals surface area contributed by atoms with E-state index < -0.39 is 28.9 Å². The summed E-state index contributed by atoms with van der Waals surface area (Å²) >= 11 is 0. The highest BCUT2D eigenvalue weighted by atomic mass is 19.1. The van der Waals surface area contributed by atoms with E-state index in [0.717, 1.165) is 6.07 Å². The maximum atomic E-state index is 14.8. The van der Waals surface area contributed by atoms with Crippen LogP contribution in [0, 0.1) is 24.0 Å². The number of hydrogen-bond acceptors (Lipinski definition) is 6. The number of halogens is 2. The van der Waals surface area contributed by atoms with Gasteiger partial charge in [0.25, 0.3) is 0 Å². The molecule has 176 valence electrons. The van der Waals surface area contributed by atoms with Crippen molar-refractivity contribution in [3.05, 3.63) is 78.3 Å². The first-order chi connectivity index (χ1) is 16.8. The standard InChI is InChI=1S/C25H19F2N5O3/c1-14-13-29-22-21(30-14)20(8-11-28-22)35-19-7-6-17(12-18(19)27)32-24(34)25(9-10-25)23(33)31-16-4-2-15(26)3-5-16/h2-8,11-13H,9-10H2,1H3,(H,31,33)(H,32,34). The molecule has 2 amide bonds. The SMILES string of the molecule is Cc1cnc2nccc(Oc3ccc(NC(=O)C4(C(=O)Nc5ccc(F)cc5)CC4)cc3F)c2n1. The number of nitrogens with zero attached hydrogens (tertiary/aromatic N) is 3. The van der Waals surface area contributed by atoms with E-state index in [1.54, 1.807) is 19.2 Å². The number of aromatic nitrogens is 3. The van der Waals surface area contributed by atoms with Crippen LogP contribution in [-0.2, 0) is 9.59 Å². The number of fused-ring (bicyclic) bond motifs is 1. The van der Waals surface area contributed by atoms with Gasteiger partial charge in [0.15, 0.2) is 28.5 Å². The second-order valence-corrected chi connectivity index (χ2v) is 8.24. The zero-order valence-electron chi connectivity index (χ0n) is 18.5. The van der Waals surface area contributed by atoms with Gasteiger partial charge in [0, 0.05) is 29.7 Å². The molecule has 1 saturated carbocycles. The monoisotopic (exact) mass is 475 g/mol. The van der Waals surface area contributed by atoms with Gasteiger partial charge >= 0.3 is 0 Å². The van der Waals surface area contributed by atoms with Crippen LogP contribution in [0.1, 0.15) is 18.5 Å². The number of ether oxygens (including phenoxy) is 1. The van der Waals surface area contributed by atoms with Crippen LogP contribution in [0.25, 0.3) is 11.2 Å². The van der Waals surface area contributed by atoms with Crippen LogP contribution in [0.15, 0.2) is 60.9 Å². The predicted octanol–water partition coefficient (Wildman–Crippen LogP) is 4.76. The van der Waals surface area contributed by atoms with Gasteiger partial charge in [-0.05, 0) is 56.2 Å². The van der Waals surface area contributed by atoms with Crippen molar-refractivity contribution in [2.45, 2.75) is 19.8 Å². The lowest BCUT2D eigenvalue weighted by molar-refractivity contribution is -0.131. The molecule has 0 radical (unpaired) electrons. The molecule has 1 fully saturated rings. The van der Waals surface area contributed by atoms with Crippen LogP contribution < -0.4 is 15.4 Å². The molecule has 5 rings (SSSR count). The number of pyridine rings is 1. The summed E-state index contributed by atoms with van der Waals surface area (Å²) in [6, 6.07) is 10.8. The first-order valence-electron chi connectivity index (χ1n) is 10.8. The van der Waals surface area contributed by atoms with E-state index in [1.165, 1.54) is 42.6 Å². The number of rotatable bonds is 6. The van der Waals surface area contributed by atoms with Crippen molar-refractivity contribution in [1.29, 1.82) is 0 Å². The zero-order valence-corrected chi connectivity index (χ0v) is 18.5. The molecule has 2 aromatic heterocycles. The average molecular weight is 475 g/mol. The molecule has 4 aromatic rings. The van der Waals surface area contributed by atoms with Crippen molar-refractivity contribution in [2.75, 3.05) is 10.6 Å². The third-order valence-electron chi connectivity index (χ3n) is 5.66. The van der Waals surface area contributed by atoms with Gasteiger partial charge in [-0.2, -0.15) is 0 Å². The Morgan fingerprint density at radius 1 is 0.914 bits per heavy atom. The maximum Gasteiger partial charge on any atom is 0.240 e. The molecule has 0 spiro atoms. The number of carbonyl (C=O) groups excluding carboxylic acids is 2. The summed E-state index contributed by atoms with van der Waals surface area (Å²) in [5.41, 5.74) is 0.721. The zero-order chi connectivity index (χ0) is 24.6. The first kappa shape index (κ1) is 22.3. The van der Waals surface area contributed by atoms with Crippen molar-refractivity contribution in [3.8, 4) is 11.5 Å². The molecular weight excluding hydrogens is 456 g/mol. The average Bonchev–Trinajstić information content (AvgIpc) is 3.65. The van der Waals surface area contributed by atoms with Gasteiger partial charge in [-0.15, -0.1) is 0 Å². The van der Waals surface area contributed by atoms with Crippen LogP contribution in [0.2, 0.25) is 0 Å². The molecule has 0 bridgehead atoms. The molecular formula is C25H19F2N5O3. The molecule has 35 heavy (non-hydrogen) atoms. The third-order valence-corrected chi connectivity index (χ3v) is 5.66. The van der Waals surface area contributed by atoms with Gasteiger partial charge in [0.2, 0.25) is 11.8 Å². The summed E-state index contributed by atoms with van der Waals surface area (Å²) < 4.78 is 33.6. The largest absolute Gasteiger partial charge is 0.452 e. The lowest BCUT2D eigenvalue weighted by Gasteiger charge is -2.16. The van der Waals surface area contributed by atoms with E-state index >= 15 is 0 Å². The van der Waals surface area contributed by atoms with Crippen molar-refractivity contribution < 1.29 is 23.1 Å². The summed E-state index contributed by atoms with van der Waals surface area (Å²) in [5.74, 6) is -1.98.